The average Bonchev–Trinajstić information content (AvgIpc) is 3.51. The van der Waals surface area contributed by atoms with Gasteiger partial charge in [-0.05, 0) is 37.5 Å². The summed E-state index contributed by atoms with van der Waals surface area (Å²) in [6, 6.07) is 5.43. The molecule has 4 N–H and O–H groups in total. The van der Waals surface area contributed by atoms with Crippen molar-refractivity contribution in [2.24, 2.45) is 11.1 Å². The fraction of sp³-hybridized carbons (Fsp3) is 0.364. The summed E-state index contributed by atoms with van der Waals surface area (Å²) in [5, 5.41) is 27.4. The Labute approximate surface area is 206 Å². The Morgan fingerprint density at radius 1 is 1.46 bits per heavy atom. The van der Waals surface area contributed by atoms with E-state index in [1.807, 2.05) is 23.8 Å². The highest BCUT2D eigenvalue weighted by Crippen LogP contribution is 2.31. The lowest BCUT2D eigenvalue weighted by Gasteiger charge is -2.15. The number of thiophene rings is 1. The summed E-state index contributed by atoms with van der Waals surface area (Å²) in [7, 11) is -4.09. The van der Waals surface area contributed by atoms with Crippen molar-refractivity contribution >= 4 is 33.2 Å². The molecule has 3 aromatic heterocycles. The van der Waals surface area contributed by atoms with Gasteiger partial charge in [0.1, 0.15) is 18.2 Å². The fourth-order valence-electron chi connectivity index (χ4n) is 4.11. The SMILES string of the molecule is Cc1sc(C(=O)c2cncnc2N[C@@H]2C[C@H](COS(N)(=O)=O)[C@@H](O)C2)cc1Cn1ccc(C#N)c1. The van der Waals surface area contributed by atoms with Gasteiger partial charge in [-0.1, -0.05) is 0 Å². The highest BCUT2D eigenvalue weighted by atomic mass is 32.2. The highest BCUT2D eigenvalue weighted by molar-refractivity contribution is 7.84. The van der Waals surface area contributed by atoms with Crippen LogP contribution in [-0.4, -0.2) is 52.6 Å². The molecule has 1 saturated carbocycles. The van der Waals surface area contributed by atoms with Gasteiger partial charge < -0.3 is 15.0 Å². The van der Waals surface area contributed by atoms with Gasteiger partial charge in [-0.3, -0.25) is 8.98 Å². The maximum absolute atomic E-state index is 13.3. The summed E-state index contributed by atoms with van der Waals surface area (Å²) in [6.45, 7) is 2.26. The van der Waals surface area contributed by atoms with Crippen molar-refractivity contribution in [1.82, 2.24) is 14.5 Å². The smallest absolute Gasteiger partial charge is 0.333 e. The number of aryl methyl sites for hydroxylation is 1. The summed E-state index contributed by atoms with van der Waals surface area (Å²) in [6.07, 6.45) is 6.32. The quantitative estimate of drug-likeness (QED) is 0.357. The van der Waals surface area contributed by atoms with Crippen LogP contribution in [0.1, 0.15) is 44.1 Å². The number of aliphatic hydroxyl groups excluding tert-OH is 1. The van der Waals surface area contributed by atoms with E-state index in [2.05, 4.69) is 25.5 Å². The predicted octanol–water partition coefficient (Wildman–Crippen LogP) is 1.57. The number of aliphatic hydroxyl groups is 1. The Morgan fingerprint density at radius 2 is 2.26 bits per heavy atom. The minimum absolute atomic E-state index is 0.220. The number of nitrogens with one attached hydrogen (secondary N) is 1. The Kier molecular flexibility index (Phi) is 7.29. The third-order valence-electron chi connectivity index (χ3n) is 5.88. The minimum atomic E-state index is -4.09. The van der Waals surface area contributed by atoms with Crippen LogP contribution in [0.3, 0.4) is 0 Å². The van der Waals surface area contributed by atoms with Gasteiger partial charge in [0, 0.05) is 42.0 Å². The second-order valence-electron chi connectivity index (χ2n) is 8.41. The molecule has 0 aromatic carbocycles. The molecule has 3 aromatic rings. The van der Waals surface area contributed by atoms with Gasteiger partial charge in [0.25, 0.3) is 0 Å². The molecule has 0 radical (unpaired) electrons. The number of nitrogens with zero attached hydrogens (tertiary/aromatic N) is 4. The van der Waals surface area contributed by atoms with Gasteiger partial charge in [-0.2, -0.15) is 13.7 Å². The van der Waals surface area contributed by atoms with Crippen LogP contribution in [0.5, 0.6) is 0 Å². The topological polar surface area (TPSA) is 173 Å². The van der Waals surface area contributed by atoms with Gasteiger partial charge in [-0.15, -0.1) is 11.3 Å². The van der Waals surface area contributed by atoms with Crippen molar-refractivity contribution in [2.45, 2.75) is 38.5 Å². The van der Waals surface area contributed by atoms with E-state index in [0.29, 0.717) is 41.2 Å². The van der Waals surface area contributed by atoms with Crippen LogP contribution in [0.2, 0.25) is 0 Å². The van der Waals surface area contributed by atoms with Gasteiger partial charge >= 0.3 is 10.3 Å². The number of ketones is 1. The molecule has 0 bridgehead atoms. The molecule has 1 aliphatic carbocycles. The lowest BCUT2D eigenvalue weighted by molar-refractivity contribution is 0.101. The van der Waals surface area contributed by atoms with E-state index in [4.69, 9.17) is 10.4 Å². The number of nitrogens with two attached hydrogens (primary N) is 1. The Bertz CT molecular complexity index is 1380. The maximum atomic E-state index is 13.3. The first-order chi connectivity index (χ1) is 16.6. The van der Waals surface area contributed by atoms with Gasteiger partial charge in [0.15, 0.2) is 0 Å². The van der Waals surface area contributed by atoms with Crippen LogP contribution in [0.25, 0.3) is 0 Å². The molecule has 1 aliphatic rings. The Balaban J connectivity index is 1.47. The standard InChI is InChI=1S/C22H24N6O5S2/c1-13-15(10-28-3-2-14(7-23)9-28)5-20(34-13)21(30)18-8-25-12-26-22(18)27-17-4-16(19(29)6-17)11-33-35(24,31)32/h2-3,5,8-9,12,16-17,19,29H,4,6,10-11H2,1H3,(H2,24,31,32)(H,25,26,27)/t16-,17-,19+/m1/s1. The first-order valence-corrected chi connectivity index (χ1v) is 13.0. The third kappa shape index (κ3) is 6.11. The lowest BCUT2D eigenvalue weighted by Crippen LogP contribution is -2.24. The highest BCUT2D eigenvalue weighted by Gasteiger charge is 2.34. The zero-order chi connectivity index (χ0) is 25.2. The summed E-state index contributed by atoms with van der Waals surface area (Å²) in [5.74, 6) is -0.318. The summed E-state index contributed by atoms with van der Waals surface area (Å²) in [4.78, 5) is 23.1. The van der Waals surface area contributed by atoms with Gasteiger partial charge in [0.2, 0.25) is 5.78 Å². The molecule has 11 nitrogen and oxygen atoms in total. The third-order valence-corrected chi connectivity index (χ3v) is 7.43. The molecule has 3 heterocycles. The van der Waals surface area contributed by atoms with E-state index in [1.165, 1.54) is 23.9 Å². The second kappa shape index (κ2) is 10.2. The maximum Gasteiger partial charge on any atom is 0.333 e. The van der Waals surface area contributed by atoms with Crippen molar-refractivity contribution in [3.8, 4) is 6.07 Å². The van der Waals surface area contributed by atoms with Crippen molar-refractivity contribution < 1.29 is 22.5 Å². The predicted molar refractivity (Wildman–Crippen MR) is 128 cm³/mol. The number of carbonyl (C=O) groups is 1. The molecular weight excluding hydrogens is 492 g/mol. The van der Waals surface area contributed by atoms with Crippen LogP contribution < -0.4 is 10.5 Å². The van der Waals surface area contributed by atoms with Gasteiger partial charge in [0.05, 0.1) is 28.7 Å². The van der Waals surface area contributed by atoms with Crippen LogP contribution in [-0.2, 0) is 21.0 Å². The van der Waals surface area contributed by atoms with Gasteiger partial charge in [-0.25, -0.2) is 15.1 Å². The molecule has 184 valence electrons. The molecule has 0 spiro atoms. The summed E-state index contributed by atoms with van der Waals surface area (Å²) in [5.41, 5.74) is 1.84. The molecular formula is C22H24N6O5S2. The number of hydrogen-bond acceptors (Lipinski definition) is 10. The summed E-state index contributed by atoms with van der Waals surface area (Å²) >= 11 is 1.37. The molecule has 4 rings (SSSR count). The van der Waals surface area contributed by atoms with E-state index in [9.17, 15) is 18.3 Å². The number of carbonyl (C=O) groups excluding carboxylic acids is 1. The van der Waals surface area contributed by atoms with Crippen molar-refractivity contribution in [3.63, 3.8) is 0 Å². The van der Waals surface area contributed by atoms with E-state index < -0.39 is 22.3 Å². The second-order valence-corrected chi connectivity index (χ2v) is 10.9. The van der Waals surface area contributed by atoms with E-state index in [-0.39, 0.29) is 18.4 Å². The minimum Gasteiger partial charge on any atom is -0.393 e. The van der Waals surface area contributed by atoms with E-state index in [1.54, 1.807) is 12.3 Å². The van der Waals surface area contributed by atoms with E-state index >= 15 is 0 Å². The lowest BCUT2D eigenvalue weighted by atomic mass is 10.1. The Morgan fingerprint density at radius 3 is 2.97 bits per heavy atom. The molecule has 13 heteroatoms. The van der Waals surface area contributed by atoms with Crippen LogP contribution >= 0.6 is 11.3 Å². The normalized spacial score (nSPS) is 20.0. The fourth-order valence-corrected chi connectivity index (χ4v) is 5.46. The summed E-state index contributed by atoms with van der Waals surface area (Å²) < 4.78 is 28.6. The molecule has 1 fully saturated rings. The van der Waals surface area contributed by atoms with Crippen LogP contribution in [0, 0.1) is 24.2 Å². The molecule has 0 amide bonds. The molecule has 0 unspecified atom stereocenters. The van der Waals surface area contributed by atoms with Crippen molar-refractivity contribution in [3.05, 3.63) is 63.5 Å². The average molecular weight is 517 g/mol. The molecule has 0 aliphatic heterocycles. The monoisotopic (exact) mass is 516 g/mol. The number of hydrogen-bond donors (Lipinski definition) is 3. The van der Waals surface area contributed by atoms with Crippen molar-refractivity contribution in [1.29, 1.82) is 5.26 Å². The first kappa shape index (κ1) is 25.0. The molecule has 3 atom stereocenters. The number of anilines is 1. The van der Waals surface area contributed by atoms with Crippen LogP contribution in [0.4, 0.5) is 5.82 Å². The first-order valence-electron chi connectivity index (χ1n) is 10.7. The Hall–Kier alpha value is -3.15. The molecule has 0 saturated heterocycles. The zero-order valence-corrected chi connectivity index (χ0v) is 20.4. The number of aromatic nitrogens is 3. The van der Waals surface area contributed by atoms with E-state index in [0.717, 1.165) is 10.4 Å². The number of nitriles is 1. The zero-order valence-electron chi connectivity index (χ0n) is 18.8. The largest absolute Gasteiger partial charge is 0.393 e. The molecule has 35 heavy (non-hydrogen) atoms. The number of rotatable bonds is 9. The van der Waals surface area contributed by atoms with Crippen LogP contribution in [0.15, 0.2) is 37.1 Å². The van der Waals surface area contributed by atoms with Crippen molar-refractivity contribution in [2.75, 3.05) is 11.9 Å².